The third-order valence-corrected chi connectivity index (χ3v) is 3.60. The van der Waals surface area contributed by atoms with Gasteiger partial charge in [0.1, 0.15) is 19.1 Å². The summed E-state index contributed by atoms with van der Waals surface area (Å²) in [5.41, 5.74) is 13.3. The van der Waals surface area contributed by atoms with E-state index in [2.05, 4.69) is 4.74 Å². The van der Waals surface area contributed by atoms with Crippen molar-refractivity contribution in [2.45, 2.75) is 13.5 Å². The highest BCUT2D eigenvalue weighted by atomic mass is 35.5. The summed E-state index contributed by atoms with van der Waals surface area (Å²) in [5, 5.41) is 9.72. The van der Waals surface area contributed by atoms with E-state index in [4.69, 9.17) is 16.2 Å². The van der Waals surface area contributed by atoms with Crippen LogP contribution in [-0.2, 0) is 25.7 Å². The molecule has 1 unspecified atom stereocenters. The molecule has 2 rings (SSSR count). The second-order valence-corrected chi connectivity index (χ2v) is 5.43. The van der Waals surface area contributed by atoms with Gasteiger partial charge in [0, 0.05) is 0 Å². The quantitative estimate of drug-likeness (QED) is 0.230. The number of nitrogens with two attached hydrogens (primary N) is 2. The lowest BCUT2D eigenvalue weighted by Crippen LogP contribution is -2.27. The van der Waals surface area contributed by atoms with Crippen LogP contribution in [0.2, 0.25) is 0 Å². The number of halogens is 1. The molecule has 5 N–H and O–H groups in total. The van der Waals surface area contributed by atoms with E-state index in [1.807, 2.05) is 12.1 Å². The molecule has 0 aromatic heterocycles. The van der Waals surface area contributed by atoms with Crippen LogP contribution in [0.5, 0.6) is 5.75 Å². The van der Waals surface area contributed by atoms with Gasteiger partial charge >= 0.3 is 11.9 Å². The molecule has 0 aliphatic carbocycles. The zero-order valence-corrected chi connectivity index (χ0v) is 15.0. The number of anilines is 1. The zero-order valence-electron chi connectivity index (χ0n) is 14.2. The van der Waals surface area contributed by atoms with Crippen molar-refractivity contribution in [1.82, 2.24) is 0 Å². The van der Waals surface area contributed by atoms with Crippen molar-refractivity contribution in [3.05, 3.63) is 48.0 Å². The number of phenolic OH excluding ortho intramolecular Hbond substituents is 1. The maximum atomic E-state index is 11.9. The minimum Gasteiger partial charge on any atom is -0.506 e. The van der Waals surface area contributed by atoms with Crippen LogP contribution < -0.4 is 11.5 Å². The van der Waals surface area contributed by atoms with Crippen LogP contribution in [0.25, 0.3) is 11.1 Å². The molecule has 7 nitrogen and oxygen atoms in total. The first-order valence-corrected chi connectivity index (χ1v) is 7.63. The largest absolute Gasteiger partial charge is 0.506 e. The molecule has 0 spiro atoms. The predicted octanol–water partition coefficient (Wildman–Crippen LogP) is 2.20. The van der Waals surface area contributed by atoms with Gasteiger partial charge in [-0.15, -0.1) is 12.4 Å². The molecule has 0 radical (unpaired) electrons. The highest BCUT2D eigenvalue weighted by Gasteiger charge is 2.24. The van der Waals surface area contributed by atoms with Crippen molar-refractivity contribution in [1.29, 1.82) is 0 Å². The highest BCUT2D eigenvalue weighted by Crippen LogP contribution is 2.28. The minimum atomic E-state index is -1.04. The second-order valence-electron chi connectivity index (χ2n) is 5.43. The first-order valence-electron chi connectivity index (χ1n) is 7.63. The Morgan fingerprint density at radius 3 is 2.38 bits per heavy atom. The Balaban J connectivity index is 0.00000338. The van der Waals surface area contributed by atoms with E-state index in [0.29, 0.717) is 5.69 Å². The molecule has 0 heterocycles. The molecular formula is C18H21ClN2O5. The van der Waals surface area contributed by atoms with Gasteiger partial charge in [-0.2, -0.15) is 0 Å². The lowest BCUT2D eigenvalue weighted by Gasteiger charge is -2.11. The third kappa shape index (κ3) is 5.37. The minimum absolute atomic E-state index is 0. The highest BCUT2D eigenvalue weighted by molar-refractivity contribution is 5.94. The monoisotopic (exact) mass is 380 g/mol. The van der Waals surface area contributed by atoms with Gasteiger partial charge in [0.2, 0.25) is 0 Å². The Morgan fingerprint density at radius 2 is 1.73 bits per heavy atom. The molecule has 0 saturated carbocycles. The van der Waals surface area contributed by atoms with Crippen LogP contribution >= 0.6 is 12.4 Å². The normalized spacial score (nSPS) is 11.2. The summed E-state index contributed by atoms with van der Waals surface area (Å²) in [6.07, 6.45) is 0. The molecule has 1 atom stereocenters. The number of rotatable bonds is 6. The fourth-order valence-corrected chi connectivity index (χ4v) is 2.15. The van der Waals surface area contributed by atoms with Gasteiger partial charge in [-0.25, -0.2) is 0 Å². The van der Waals surface area contributed by atoms with Gasteiger partial charge in [0.25, 0.3) is 0 Å². The molecule has 2 aromatic carbocycles. The molecule has 26 heavy (non-hydrogen) atoms. The Morgan fingerprint density at radius 1 is 1.08 bits per heavy atom. The summed E-state index contributed by atoms with van der Waals surface area (Å²) in [5.74, 6) is -2.45. The average molecular weight is 381 g/mol. The molecule has 0 aliphatic heterocycles. The van der Waals surface area contributed by atoms with Crippen molar-refractivity contribution in [3.8, 4) is 16.9 Å². The molecule has 0 saturated heterocycles. The fraction of sp³-hybridized carbons (Fsp3) is 0.222. The van der Waals surface area contributed by atoms with Crippen molar-refractivity contribution < 1.29 is 24.2 Å². The smallest absolute Gasteiger partial charge is 0.321 e. The summed E-state index contributed by atoms with van der Waals surface area (Å²) < 4.78 is 9.72. The lowest BCUT2D eigenvalue weighted by molar-refractivity contribution is -0.161. The number of carbonyl (C=O) groups is 2. The summed E-state index contributed by atoms with van der Waals surface area (Å²) in [6, 6.07) is 12.2. The first kappa shape index (κ1) is 21.3. The summed E-state index contributed by atoms with van der Waals surface area (Å²) in [4.78, 5) is 23.3. The van der Waals surface area contributed by atoms with Gasteiger partial charge in [-0.3, -0.25) is 15.3 Å². The van der Waals surface area contributed by atoms with E-state index in [1.165, 1.54) is 6.92 Å². The molecular weight excluding hydrogens is 360 g/mol. The van der Waals surface area contributed by atoms with E-state index >= 15 is 0 Å². The lowest BCUT2D eigenvalue weighted by atomic mass is 10.0. The topological polar surface area (TPSA) is 125 Å². The summed E-state index contributed by atoms with van der Waals surface area (Å²) in [6.45, 7) is 1.12. The molecule has 0 aliphatic rings. The summed E-state index contributed by atoms with van der Waals surface area (Å²) in [7, 11) is 0. The van der Waals surface area contributed by atoms with E-state index in [-0.39, 0.29) is 31.5 Å². The van der Waals surface area contributed by atoms with Crippen molar-refractivity contribution in [3.63, 3.8) is 0 Å². The molecule has 0 fully saturated rings. The van der Waals surface area contributed by atoms with Crippen LogP contribution in [0.4, 0.5) is 5.69 Å². The number of benzene rings is 2. The molecule has 0 bridgehead atoms. The van der Waals surface area contributed by atoms with E-state index in [0.717, 1.165) is 16.7 Å². The standard InChI is InChI=1S/C18H20N2O5.ClH/c1-11(18(23)25-10-19)17(22)24-9-12-3-2-4-13(7-12)14-5-6-15(20)16(21)8-14;/h2-8,11,21H,9-10,19-20H2,1H3;1H. The number of nitrogen functional groups attached to an aromatic ring is 1. The number of aromatic hydroxyl groups is 1. The molecule has 140 valence electrons. The van der Waals surface area contributed by atoms with Crippen LogP contribution in [-0.4, -0.2) is 23.8 Å². The van der Waals surface area contributed by atoms with Gasteiger partial charge < -0.3 is 20.3 Å². The predicted molar refractivity (Wildman–Crippen MR) is 99.3 cm³/mol. The number of hydrogen-bond acceptors (Lipinski definition) is 7. The average Bonchev–Trinajstić information content (AvgIpc) is 2.61. The Labute approximate surface area is 157 Å². The number of esters is 2. The number of hydrogen-bond donors (Lipinski definition) is 3. The molecule has 2 aromatic rings. The van der Waals surface area contributed by atoms with Crippen LogP contribution in [0.1, 0.15) is 12.5 Å². The Hall–Kier alpha value is -2.77. The maximum absolute atomic E-state index is 11.9. The van der Waals surface area contributed by atoms with Gasteiger partial charge in [0.15, 0.2) is 5.92 Å². The second kappa shape index (κ2) is 9.65. The third-order valence-electron chi connectivity index (χ3n) is 3.60. The fourth-order valence-electron chi connectivity index (χ4n) is 2.15. The number of carbonyl (C=O) groups excluding carboxylic acids is 2. The zero-order chi connectivity index (χ0) is 18.4. The Kier molecular flexibility index (Phi) is 7.89. The van der Waals surface area contributed by atoms with Gasteiger partial charge in [-0.05, 0) is 41.8 Å². The molecule has 8 heteroatoms. The van der Waals surface area contributed by atoms with E-state index in [1.54, 1.807) is 30.3 Å². The van der Waals surface area contributed by atoms with Crippen LogP contribution in [0.15, 0.2) is 42.5 Å². The number of ether oxygens (including phenoxy) is 2. The Bertz CT molecular complexity index is 782. The van der Waals surface area contributed by atoms with Crippen LogP contribution in [0, 0.1) is 5.92 Å². The summed E-state index contributed by atoms with van der Waals surface area (Å²) >= 11 is 0. The van der Waals surface area contributed by atoms with Crippen molar-refractivity contribution in [2.24, 2.45) is 11.7 Å². The van der Waals surface area contributed by atoms with Crippen LogP contribution in [0.3, 0.4) is 0 Å². The maximum Gasteiger partial charge on any atom is 0.321 e. The SMILES string of the molecule is CC(C(=O)OCN)C(=O)OCc1cccc(-c2ccc(N)c(O)c2)c1.Cl. The van der Waals surface area contributed by atoms with E-state index < -0.39 is 17.9 Å². The van der Waals surface area contributed by atoms with Gasteiger partial charge in [-0.1, -0.05) is 24.3 Å². The van der Waals surface area contributed by atoms with Crippen molar-refractivity contribution in [2.75, 3.05) is 12.5 Å². The van der Waals surface area contributed by atoms with Crippen molar-refractivity contribution >= 4 is 30.0 Å². The van der Waals surface area contributed by atoms with Gasteiger partial charge in [0.05, 0.1) is 5.69 Å². The molecule has 0 amide bonds. The number of phenols is 1. The van der Waals surface area contributed by atoms with E-state index in [9.17, 15) is 14.7 Å². The first-order chi connectivity index (χ1) is 11.9.